The molecule has 1 aromatic heterocycles. The molecular formula is C16H20N2O. The van der Waals surface area contributed by atoms with Crippen LogP contribution in [-0.2, 0) is 0 Å². The number of hydrogen-bond donors (Lipinski definition) is 1. The van der Waals surface area contributed by atoms with Crippen molar-refractivity contribution in [2.75, 3.05) is 7.05 Å². The molecule has 1 unspecified atom stereocenters. The van der Waals surface area contributed by atoms with Gasteiger partial charge in [0.05, 0.1) is 0 Å². The third-order valence-electron chi connectivity index (χ3n) is 3.62. The molecule has 100 valence electrons. The van der Waals surface area contributed by atoms with E-state index in [-0.39, 0.29) is 11.6 Å². The van der Waals surface area contributed by atoms with Gasteiger partial charge < -0.3 is 5.32 Å². The smallest absolute Gasteiger partial charge is 0.262 e. The van der Waals surface area contributed by atoms with Crippen molar-refractivity contribution in [1.82, 2.24) is 9.88 Å². The summed E-state index contributed by atoms with van der Waals surface area (Å²) in [7, 11) is 1.93. The fraction of sp³-hybridized carbons (Fsp3) is 0.312. The molecule has 0 spiro atoms. The molecule has 0 aliphatic rings. The molecule has 3 heteroatoms. The van der Waals surface area contributed by atoms with Crippen molar-refractivity contribution < 1.29 is 0 Å². The maximum Gasteiger partial charge on any atom is 0.262 e. The van der Waals surface area contributed by atoms with Gasteiger partial charge in [-0.2, -0.15) is 0 Å². The molecule has 0 aliphatic heterocycles. The van der Waals surface area contributed by atoms with Crippen molar-refractivity contribution in [3.8, 4) is 0 Å². The molecule has 0 aliphatic carbocycles. The first kappa shape index (κ1) is 13.6. The fourth-order valence-electron chi connectivity index (χ4n) is 2.64. The number of fused-ring (bicyclic) bond motifs is 1. The van der Waals surface area contributed by atoms with Gasteiger partial charge in [0.2, 0.25) is 0 Å². The van der Waals surface area contributed by atoms with Gasteiger partial charge in [-0.15, -0.1) is 0 Å². The van der Waals surface area contributed by atoms with Crippen molar-refractivity contribution in [3.63, 3.8) is 0 Å². The first-order valence-corrected chi connectivity index (χ1v) is 6.46. The number of hydrogen-bond acceptors (Lipinski definition) is 2. The van der Waals surface area contributed by atoms with Crippen LogP contribution in [-0.4, -0.2) is 11.6 Å². The van der Waals surface area contributed by atoms with E-state index in [1.807, 2.05) is 45.2 Å². The Kier molecular flexibility index (Phi) is 3.58. The second-order valence-corrected chi connectivity index (χ2v) is 4.93. The van der Waals surface area contributed by atoms with E-state index in [9.17, 15) is 4.79 Å². The van der Waals surface area contributed by atoms with Gasteiger partial charge in [-0.1, -0.05) is 24.8 Å². The lowest BCUT2D eigenvalue weighted by molar-refractivity contribution is 0.645. The number of nitrogens with zero attached hydrogens (tertiary/aromatic N) is 1. The summed E-state index contributed by atoms with van der Waals surface area (Å²) in [6.07, 6.45) is 0. The van der Waals surface area contributed by atoms with Gasteiger partial charge in [-0.25, -0.2) is 0 Å². The lowest BCUT2D eigenvalue weighted by Crippen LogP contribution is -2.25. The molecule has 0 radical (unpaired) electrons. The highest BCUT2D eigenvalue weighted by Crippen LogP contribution is 2.26. The molecule has 1 N–H and O–H groups in total. The van der Waals surface area contributed by atoms with Crippen LogP contribution in [0, 0.1) is 6.92 Å². The summed E-state index contributed by atoms with van der Waals surface area (Å²) < 4.78 is 1.70. The molecule has 0 fully saturated rings. The van der Waals surface area contributed by atoms with Crippen molar-refractivity contribution in [2.24, 2.45) is 0 Å². The molecule has 2 rings (SSSR count). The zero-order valence-electron chi connectivity index (χ0n) is 11.9. The van der Waals surface area contributed by atoms with Gasteiger partial charge in [-0.3, -0.25) is 9.36 Å². The van der Waals surface area contributed by atoms with Crippen LogP contribution in [0.15, 0.2) is 35.6 Å². The van der Waals surface area contributed by atoms with Gasteiger partial charge >= 0.3 is 0 Å². The Hall–Kier alpha value is -1.87. The standard InChI is InChI=1S/C16H20N2O/c1-10(2)18-12(4)15(11(3)17-5)13-8-6-7-9-14(13)16(18)19/h6-9,11,17H,1H2,2-5H3. The number of pyridine rings is 1. The van der Waals surface area contributed by atoms with Crippen molar-refractivity contribution in [1.29, 1.82) is 0 Å². The van der Waals surface area contributed by atoms with E-state index in [4.69, 9.17) is 0 Å². The van der Waals surface area contributed by atoms with Gasteiger partial charge in [0.25, 0.3) is 5.56 Å². The summed E-state index contributed by atoms with van der Waals surface area (Å²) in [6.45, 7) is 9.86. The predicted molar refractivity (Wildman–Crippen MR) is 81.4 cm³/mol. The monoisotopic (exact) mass is 256 g/mol. The Balaban J connectivity index is 3.01. The predicted octanol–water partition coefficient (Wildman–Crippen LogP) is 3.08. The van der Waals surface area contributed by atoms with E-state index in [1.54, 1.807) is 4.57 Å². The van der Waals surface area contributed by atoms with Crippen LogP contribution in [0.3, 0.4) is 0 Å². The topological polar surface area (TPSA) is 34.0 Å². The first-order chi connectivity index (χ1) is 8.99. The maximum absolute atomic E-state index is 12.5. The molecule has 0 saturated carbocycles. The molecule has 19 heavy (non-hydrogen) atoms. The Morgan fingerprint density at radius 1 is 1.32 bits per heavy atom. The average Bonchev–Trinajstić information content (AvgIpc) is 2.38. The number of rotatable bonds is 3. The minimum atomic E-state index is 0.00709. The lowest BCUT2D eigenvalue weighted by atomic mass is 9.98. The summed E-state index contributed by atoms with van der Waals surface area (Å²) >= 11 is 0. The van der Waals surface area contributed by atoms with Crippen LogP contribution >= 0.6 is 0 Å². The van der Waals surface area contributed by atoms with Crippen LogP contribution in [0.4, 0.5) is 0 Å². The second kappa shape index (κ2) is 5.02. The molecule has 1 aromatic carbocycles. The molecule has 0 bridgehead atoms. The van der Waals surface area contributed by atoms with E-state index < -0.39 is 0 Å². The highest BCUT2D eigenvalue weighted by atomic mass is 16.1. The third kappa shape index (κ3) is 2.10. The number of aromatic nitrogens is 1. The molecule has 0 saturated heterocycles. The number of nitrogens with one attached hydrogen (secondary N) is 1. The van der Waals surface area contributed by atoms with Crippen LogP contribution in [0.25, 0.3) is 16.5 Å². The van der Waals surface area contributed by atoms with Gasteiger partial charge in [-0.05, 0) is 44.8 Å². The molecule has 2 aromatic rings. The lowest BCUT2D eigenvalue weighted by Gasteiger charge is -2.21. The zero-order chi connectivity index (χ0) is 14.2. The van der Waals surface area contributed by atoms with Crippen molar-refractivity contribution >= 4 is 16.5 Å². The summed E-state index contributed by atoms with van der Waals surface area (Å²) in [5.74, 6) is 0. The fourth-order valence-corrected chi connectivity index (χ4v) is 2.64. The Morgan fingerprint density at radius 2 is 1.89 bits per heavy atom. The molecule has 3 nitrogen and oxygen atoms in total. The highest BCUT2D eigenvalue weighted by molar-refractivity contribution is 5.86. The van der Waals surface area contributed by atoms with Gasteiger partial charge in [0, 0.05) is 22.8 Å². The molecule has 0 amide bonds. The van der Waals surface area contributed by atoms with E-state index in [0.717, 1.165) is 27.7 Å². The second-order valence-electron chi connectivity index (χ2n) is 4.93. The molecular weight excluding hydrogens is 236 g/mol. The van der Waals surface area contributed by atoms with Gasteiger partial charge in [0.1, 0.15) is 0 Å². The van der Waals surface area contributed by atoms with Crippen molar-refractivity contribution in [3.05, 3.63) is 52.5 Å². The summed E-state index contributed by atoms with van der Waals surface area (Å²) in [4.78, 5) is 12.5. The number of benzene rings is 1. The minimum absolute atomic E-state index is 0.00709. The summed E-state index contributed by atoms with van der Waals surface area (Å²) in [6, 6.07) is 7.93. The minimum Gasteiger partial charge on any atom is -0.313 e. The van der Waals surface area contributed by atoms with E-state index in [2.05, 4.69) is 18.8 Å². The summed E-state index contributed by atoms with van der Waals surface area (Å²) in [5.41, 5.74) is 2.87. The van der Waals surface area contributed by atoms with Crippen LogP contribution in [0.1, 0.15) is 31.1 Å². The molecule has 1 atom stereocenters. The zero-order valence-corrected chi connectivity index (χ0v) is 11.9. The SMILES string of the molecule is C=C(C)n1c(C)c(C(C)NC)c2ccccc2c1=O. The highest BCUT2D eigenvalue weighted by Gasteiger charge is 2.17. The largest absolute Gasteiger partial charge is 0.313 e. The Labute approximate surface area is 113 Å². The van der Waals surface area contributed by atoms with Crippen LogP contribution in [0.2, 0.25) is 0 Å². The molecule has 1 heterocycles. The Bertz CT molecular complexity index is 698. The first-order valence-electron chi connectivity index (χ1n) is 6.46. The van der Waals surface area contributed by atoms with Crippen molar-refractivity contribution in [2.45, 2.75) is 26.8 Å². The quantitative estimate of drug-likeness (QED) is 0.915. The van der Waals surface area contributed by atoms with E-state index in [0.29, 0.717) is 0 Å². The summed E-state index contributed by atoms with van der Waals surface area (Å²) in [5, 5.41) is 5.02. The van der Waals surface area contributed by atoms with Crippen LogP contribution < -0.4 is 10.9 Å². The maximum atomic E-state index is 12.5. The Morgan fingerprint density at radius 3 is 2.42 bits per heavy atom. The van der Waals surface area contributed by atoms with Gasteiger partial charge in [0.15, 0.2) is 0 Å². The van der Waals surface area contributed by atoms with Crippen LogP contribution in [0.5, 0.6) is 0 Å². The third-order valence-corrected chi connectivity index (χ3v) is 3.62. The normalized spacial score (nSPS) is 12.6. The van der Waals surface area contributed by atoms with E-state index in [1.165, 1.54) is 0 Å². The number of allylic oxidation sites excluding steroid dienone is 1. The average molecular weight is 256 g/mol. The van der Waals surface area contributed by atoms with E-state index >= 15 is 0 Å².